The number of likely N-dealkylation sites (tertiary alicyclic amines) is 1. The molecule has 1 aromatic heterocycles. The van der Waals surface area contributed by atoms with Gasteiger partial charge in [-0.15, -0.1) is 13.2 Å². The maximum absolute atomic E-state index is 13.9. The molecule has 4 aliphatic rings. The Morgan fingerprint density at radius 2 is 1.87 bits per heavy atom. The summed E-state index contributed by atoms with van der Waals surface area (Å²) < 4.78 is 60.9. The van der Waals surface area contributed by atoms with Gasteiger partial charge in [-0.3, -0.25) is 9.59 Å². The van der Waals surface area contributed by atoms with Crippen LogP contribution in [0.2, 0.25) is 0 Å². The highest BCUT2D eigenvalue weighted by molar-refractivity contribution is 9.10. The number of rotatable bonds is 8. The van der Waals surface area contributed by atoms with Crippen LogP contribution in [0.5, 0.6) is 11.8 Å². The van der Waals surface area contributed by atoms with Gasteiger partial charge in [-0.1, -0.05) is 13.8 Å². The first kappa shape index (κ1) is 34.0. The summed E-state index contributed by atoms with van der Waals surface area (Å²) >= 11 is 3.25. The molecular formula is C32H43BrF3N3O6. The van der Waals surface area contributed by atoms with Crippen LogP contribution in [0.25, 0.3) is 0 Å². The van der Waals surface area contributed by atoms with Gasteiger partial charge in [-0.25, -0.2) is 0 Å². The molecule has 0 spiro atoms. The van der Waals surface area contributed by atoms with Crippen LogP contribution in [0.3, 0.4) is 0 Å². The number of halogens is 4. The number of nitrogens with one attached hydrogen (secondary N) is 1. The van der Waals surface area contributed by atoms with E-state index in [0.717, 1.165) is 31.4 Å². The predicted octanol–water partition coefficient (Wildman–Crippen LogP) is 7.06. The number of hydrogen-bond acceptors (Lipinski definition) is 8. The van der Waals surface area contributed by atoms with Crippen LogP contribution < -0.4 is 14.8 Å². The number of hydrogen-bond donors (Lipinski definition) is 1. The maximum Gasteiger partial charge on any atom is 0.574 e. The molecule has 1 N–H and O–H groups in total. The first-order valence-corrected chi connectivity index (χ1v) is 16.3. The number of carbonyl (C=O) groups is 2. The SMILES string of the molecule is COc1nc(OC(F)(F)F)c(NC(=O)C2CCC3C4CN(COCOC(C)(C)C)C5=CC(=O)CC[C@]5(C)C4CC[C@]23C)cc1Br. The van der Waals surface area contributed by atoms with Crippen molar-refractivity contribution in [2.75, 3.05) is 32.5 Å². The molecule has 2 heterocycles. The number of fused-ring (bicyclic) bond motifs is 5. The Bertz CT molecular complexity index is 1350. The third-order valence-electron chi connectivity index (χ3n) is 10.5. The monoisotopic (exact) mass is 701 g/mol. The number of alkyl halides is 3. The molecule has 2 saturated carbocycles. The van der Waals surface area contributed by atoms with Crippen molar-refractivity contribution >= 4 is 33.3 Å². The quantitative estimate of drug-likeness (QED) is 0.227. The second kappa shape index (κ2) is 12.3. The smallest absolute Gasteiger partial charge is 0.480 e. The summed E-state index contributed by atoms with van der Waals surface area (Å²) in [5.74, 6) is -0.707. The number of piperidine rings is 1. The van der Waals surface area contributed by atoms with Crippen LogP contribution >= 0.6 is 15.9 Å². The minimum atomic E-state index is -5.00. The van der Waals surface area contributed by atoms with Gasteiger partial charge in [0.05, 0.1) is 17.2 Å². The standard InChI is InChI=1S/C32H43BrF3N3O6/c1-29(2,3)44-17-43-16-39-15-19-20-7-8-22(30(20,4)12-10-21(19)31(5)11-9-18(40)13-25(31)39)26(41)37-24-14-23(33)27(42-6)38-28(24)45-32(34,35)36/h13-14,19-22H,7-12,15-17H2,1-6H3,(H,37,41)/t19?,20?,21?,22?,30-,31+/m0/s1. The van der Waals surface area contributed by atoms with Gasteiger partial charge in [-0.2, -0.15) is 4.98 Å². The zero-order chi connectivity index (χ0) is 32.9. The molecule has 4 unspecified atom stereocenters. The van der Waals surface area contributed by atoms with E-state index in [9.17, 15) is 22.8 Å². The van der Waals surface area contributed by atoms with Gasteiger partial charge in [0.1, 0.15) is 19.2 Å². The maximum atomic E-state index is 13.9. The highest BCUT2D eigenvalue weighted by atomic mass is 79.9. The number of allylic oxidation sites excluding steroid dienone is 2. The number of methoxy groups -OCH3 is 1. The van der Waals surface area contributed by atoms with E-state index in [1.54, 1.807) is 6.08 Å². The van der Waals surface area contributed by atoms with Crippen LogP contribution in [-0.4, -0.2) is 60.7 Å². The number of ketones is 1. The number of anilines is 1. The summed E-state index contributed by atoms with van der Waals surface area (Å²) in [6.45, 7) is 11.4. The van der Waals surface area contributed by atoms with Gasteiger partial charge in [-0.05, 0) is 98.0 Å². The Kier molecular flexibility index (Phi) is 9.31. The molecule has 1 saturated heterocycles. The van der Waals surface area contributed by atoms with Crippen molar-refractivity contribution in [2.45, 2.75) is 85.1 Å². The van der Waals surface area contributed by atoms with E-state index < -0.39 is 18.2 Å². The van der Waals surface area contributed by atoms with E-state index in [-0.39, 0.29) is 62.8 Å². The second-order valence-electron chi connectivity index (χ2n) is 14.3. The Morgan fingerprint density at radius 3 is 2.53 bits per heavy atom. The van der Waals surface area contributed by atoms with Crippen molar-refractivity contribution in [3.05, 3.63) is 22.3 Å². The van der Waals surface area contributed by atoms with Crippen LogP contribution in [0.1, 0.15) is 73.1 Å². The summed E-state index contributed by atoms with van der Waals surface area (Å²) in [6, 6.07) is 1.32. The molecule has 5 rings (SSSR count). The first-order chi connectivity index (χ1) is 20.9. The number of ether oxygens (including phenoxy) is 4. The predicted molar refractivity (Wildman–Crippen MR) is 163 cm³/mol. The Balaban J connectivity index is 1.38. The van der Waals surface area contributed by atoms with Crippen molar-refractivity contribution in [1.29, 1.82) is 0 Å². The molecule has 3 fully saturated rings. The van der Waals surface area contributed by atoms with Gasteiger partial charge < -0.3 is 29.2 Å². The van der Waals surface area contributed by atoms with E-state index >= 15 is 0 Å². The van der Waals surface area contributed by atoms with Crippen molar-refractivity contribution in [2.24, 2.45) is 34.5 Å². The lowest BCUT2D eigenvalue weighted by Gasteiger charge is -2.60. The number of pyridine rings is 1. The number of nitrogens with zero attached hydrogens (tertiary/aromatic N) is 2. The van der Waals surface area contributed by atoms with Gasteiger partial charge in [0, 0.05) is 36.1 Å². The summed E-state index contributed by atoms with van der Waals surface area (Å²) in [7, 11) is 1.28. The zero-order valence-electron chi connectivity index (χ0n) is 26.7. The van der Waals surface area contributed by atoms with Crippen molar-refractivity contribution in [1.82, 2.24) is 9.88 Å². The van der Waals surface area contributed by atoms with Crippen LogP contribution in [0.15, 0.2) is 22.3 Å². The van der Waals surface area contributed by atoms with Gasteiger partial charge in [0.25, 0.3) is 0 Å². The van der Waals surface area contributed by atoms with Crippen molar-refractivity contribution in [3.8, 4) is 11.8 Å². The zero-order valence-corrected chi connectivity index (χ0v) is 28.3. The van der Waals surface area contributed by atoms with E-state index in [1.165, 1.54) is 13.2 Å². The van der Waals surface area contributed by atoms with Crippen molar-refractivity contribution < 1.29 is 41.7 Å². The molecule has 45 heavy (non-hydrogen) atoms. The lowest BCUT2D eigenvalue weighted by molar-refractivity contribution is -0.275. The fraction of sp³-hybridized carbons (Fsp3) is 0.719. The molecule has 250 valence electrons. The third-order valence-corrected chi connectivity index (χ3v) is 11.1. The largest absolute Gasteiger partial charge is 0.574 e. The number of aromatic nitrogens is 1. The first-order valence-electron chi connectivity index (χ1n) is 15.5. The molecule has 3 aliphatic carbocycles. The summed E-state index contributed by atoms with van der Waals surface area (Å²) in [4.78, 5) is 32.5. The highest BCUT2D eigenvalue weighted by Crippen LogP contribution is 2.65. The van der Waals surface area contributed by atoms with Crippen molar-refractivity contribution in [3.63, 3.8) is 0 Å². The minimum absolute atomic E-state index is 0.0967. The molecule has 0 bridgehead atoms. The molecule has 0 aromatic carbocycles. The molecule has 1 amide bonds. The normalized spacial score (nSPS) is 31.5. The molecule has 1 aliphatic heterocycles. The summed E-state index contributed by atoms with van der Waals surface area (Å²) in [5.41, 5.74) is -0.0570. The summed E-state index contributed by atoms with van der Waals surface area (Å²) in [5, 5.41) is 2.71. The molecule has 13 heteroatoms. The fourth-order valence-corrected chi connectivity index (χ4v) is 8.91. The van der Waals surface area contributed by atoms with E-state index in [4.69, 9.17) is 14.2 Å². The van der Waals surface area contributed by atoms with Crippen LogP contribution in [0.4, 0.5) is 18.9 Å². The number of carbonyl (C=O) groups excluding carboxylic acids is 2. The van der Waals surface area contributed by atoms with Gasteiger partial charge in [0.15, 0.2) is 5.78 Å². The Labute approximate surface area is 270 Å². The fourth-order valence-electron chi connectivity index (χ4n) is 8.43. The molecule has 0 radical (unpaired) electrons. The summed E-state index contributed by atoms with van der Waals surface area (Å²) in [6.07, 6.45) is 1.20. The van der Waals surface area contributed by atoms with E-state index in [0.29, 0.717) is 32.0 Å². The molecule has 6 atom stereocenters. The van der Waals surface area contributed by atoms with Gasteiger partial charge in [0.2, 0.25) is 17.7 Å². The Morgan fingerprint density at radius 1 is 1.13 bits per heavy atom. The highest BCUT2D eigenvalue weighted by Gasteiger charge is 2.61. The molecular weight excluding hydrogens is 659 g/mol. The minimum Gasteiger partial charge on any atom is -0.480 e. The average molecular weight is 703 g/mol. The lowest BCUT2D eigenvalue weighted by Crippen LogP contribution is -2.58. The van der Waals surface area contributed by atoms with Gasteiger partial charge >= 0.3 is 6.36 Å². The van der Waals surface area contributed by atoms with Crippen LogP contribution in [0, 0.1) is 34.5 Å². The molecule has 1 aromatic rings. The average Bonchev–Trinajstić information content (AvgIpc) is 3.29. The Hall–Kier alpha value is -2.38. The third kappa shape index (κ3) is 6.86. The van der Waals surface area contributed by atoms with E-state index in [2.05, 4.69) is 49.7 Å². The lowest BCUT2D eigenvalue weighted by atomic mass is 9.49. The number of amides is 1. The molecule has 9 nitrogen and oxygen atoms in total. The van der Waals surface area contributed by atoms with E-state index in [1.807, 2.05) is 20.8 Å². The second-order valence-corrected chi connectivity index (χ2v) is 15.1. The topological polar surface area (TPSA) is 99.2 Å². The van der Waals surface area contributed by atoms with Crippen LogP contribution in [-0.2, 0) is 19.1 Å².